The first-order valence-corrected chi connectivity index (χ1v) is 8.42. The monoisotopic (exact) mass is 315 g/mol. The highest BCUT2D eigenvalue weighted by Crippen LogP contribution is 2.27. The molecule has 21 heavy (non-hydrogen) atoms. The number of nitrogens with one attached hydrogen (secondary N) is 2. The Hall–Kier alpha value is -1.67. The third-order valence-electron chi connectivity index (χ3n) is 2.90. The van der Waals surface area contributed by atoms with E-state index in [1.807, 2.05) is 13.8 Å². The Labute approximate surface area is 124 Å². The van der Waals surface area contributed by atoms with Crippen molar-refractivity contribution in [3.63, 3.8) is 0 Å². The summed E-state index contributed by atoms with van der Waals surface area (Å²) in [5.74, 6) is 0. The fourth-order valence-electron chi connectivity index (χ4n) is 1.86. The van der Waals surface area contributed by atoms with Gasteiger partial charge in [-0.3, -0.25) is 10.1 Å². The van der Waals surface area contributed by atoms with E-state index in [0.717, 1.165) is 12.8 Å². The van der Waals surface area contributed by atoms with Crippen LogP contribution in [0.1, 0.15) is 33.1 Å². The summed E-state index contributed by atoms with van der Waals surface area (Å²) >= 11 is 0. The molecule has 1 aromatic rings. The van der Waals surface area contributed by atoms with E-state index in [9.17, 15) is 18.5 Å². The molecule has 0 bridgehead atoms. The number of nitro groups is 1. The van der Waals surface area contributed by atoms with Crippen LogP contribution in [0.5, 0.6) is 0 Å². The molecule has 0 fully saturated rings. The van der Waals surface area contributed by atoms with Crippen molar-refractivity contribution in [2.45, 2.75) is 38.0 Å². The Morgan fingerprint density at radius 3 is 2.52 bits per heavy atom. The molecule has 0 atom stereocenters. The van der Waals surface area contributed by atoms with E-state index < -0.39 is 20.6 Å². The van der Waals surface area contributed by atoms with Crippen molar-refractivity contribution in [3.8, 4) is 0 Å². The van der Waals surface area contributed by atoms with Gasteiger partial charge in [0.05, 0.1) is 4.92 Å². The van der Waals surface area contributed by atoms with Crippen molar-refractivity contribution in [2.24, 2.45) is 0 Å². The van der Waals surface area contributed by atoms with Crippen molar-refractivity contribution >= 4 is 21.4 Å². The maximum Gasteiger partial charge on any atom is 0.291 e. The number of rotatable bonds is 9. The SMILES string of the molecule is CCCCCNS(=O)(=O)c1ccc(NCC)cc1[N+](=O)[O-]. The summed E-state index contributed by atoms with van der Waals surface area (Å²) in [6, 6.07) is 4.03. The Balaban J connectivity index is 3.02. The topological polar surface area (TPSA) is 101 Å². The van der Waals surface area contributed by atoms with Crippen molar-refractivity contribution in [1.29, 1.82) is 0 Å². The molecule has 0 aromatic heterocycles. The predicted molar refractivity (Wildman–Crippen MR) is 82.0 cm³/mol. The molecule has 8 heteroatoms. The van der Waals surface area contributed by atoms with Crippen LogP contribution in [0.3, 0.4) is 0 Å². The molecule has 0 saturated carbocycles. The molecule has 1 aromatic carbocycles. The van der Waals surface area contributed by atoms with Crippen molar-refractivity contribution in [3.05, 3.63) is 28.3 Å². The lowest BCUT2D eigenvalue weighted by Crippen LogP contribution is -2.25. The van der Waals surface area contributed by atoms with E-state index in [0.29, 0.717) is 18.7 Å². The summed E-state index contributed by atoms with van der Waals surface area (Å²) in [6.45, 7) is 4.74. The predicted octanol–water partition coefficient (Wildman–Crippen LogP) is 2.50. The summed E-state index contributed by atoms with van der Waals surface area (Å²) in [5.41, 5.74) is 0.102. The molecule has 118 valence electrons. The maximum atomic E-state index is 12.2. The minimum Gasteiger partial charge on any atom is -0.385 e. The molecule has 0 radical (unpaired) electrons. The van der Waals surface area contributed by atoms with Crippen LogP contribution >= 0.6 is 0 Å². The number of nitrogens with zero attached hydrogens (tertiary/aromatic N) is 1. The third-order valence-corrected chi connectivity index (χ3v) is 4.41. The van der Waals surface area contributed by atoms with Gasteiger partial charge < -0.3 is 5.32 Å². The fraction of sp³-hybridized carbons (Fsp3) is 0.538. The lowest BCUT2D eigenvalue weighted by Gasteiger charge is -2.09. The van der Waals surface area contributed by atoms with Crippen LogP contribution in [-0.2, 0) is 10.0 Å². The molecule has 0 heterocycles. The Bertz CT molecular complexity index is 587. The number of anilines is 1. The number of nitro benzene ring substituents is 1. The largest absolute Gasteiger partial charge is 0.385 e. The first-order valence-electron chi connectivity index (χ1n) is 6.94. The first-order chi connectivity index (χ1) is 9.92. The summed E-state index contributed by atoms with van der Waals surface area (Å²) in [5, 5.41) is 14.0. The normalized spacial score (nSPS) is 11.3. The van der Waals surface area contributed by atoms with E-state index in [1.54, 1.807) is 0 Å². The molecule has 0 amide bonds. The Morgan fingerprint density at radius 2 is 1.95 bits per heavy atom. The van der Waals surface area contributed by atoms with Crippen LogP contribution in [0.4, 0.5) is 11.4 Å². The van der Waals surface area contributed by atoms with Crippen LogP contribution in [0, 0.1) is 10.1 Å². The van der Waals surface area contributed by atoms with Crippen LogP contribution in [-0.4, -0.2) is 26.4 Å². The zero-order chi connectivity index (χ0) is 15.9. The fourth-order valence-corrected chi connectivity index (χ4v) is 3.09. The van der Waals surface area contributed by atoms with Gasteiger partial charge in [0.25, 0.3) is 5.69 Å². The first kappa shape index (κ1) is 17.4. The number of sulfonamides is 1. The molecule has 0 unspecified atom stereocenters. The molecular formula is C13H21N3O4S. The number of hydrogen-bond donors (Lipinski definition) is 2. The molecular weight excluding hydrogens is 294 g/mol. The van der Waals surface area contributed by atoms with Gasteiger partial charge in [-0.1, -0.05) is 19.8 Å². The minimum absolute atomic E-state index is 0.280. The van der Waals surface area contributed by atoms with Crippen LogP contribution in [0.2, 0.25) is 0 Å². The highest BCUT2D eigenvalue weighted by atomic mass is 32.2. The van der Waals surface area contributed by atoms with Gasteiger partial charge in [-0.2, -0.15) is 0 Å². The van der Waals surface area contributed by atoms with Crippen LogP contribution in [0.25, 0.3) is 0 Å². The zero-order valence-electron chi connectivity index (χ0n) is 12.3. The molecule has 0 spiro atoms. The summed E-state index contributed by atoms with van der Waals surface area (Å²) in [7, 11) is -3.87. The van der Waals surface area contributed by atoms with Crippen molar-refractivity contribution in [1.82, 2.24) is 4.72 Å². The van der Waals surface area contributed by atoms with E-state index in [2.05, 4.69) is 10.0 Å². The van der Waals surface area contributed by atoms with Gasteiger partial charge in [0, 0.05) is 24.8 Å². The third kappa shape index (κ3) is 4.98. The molecule has 0 aliphatic rings. The number of benzene rings is 1. The van der Waals surface area contributed by atoms with Crippen LogP contribution < -0.4 is 10.0 Å². The van der Waals surface area contributed by atoms with Crippen LogP contribution in [0.15, 0.2) is 23.1 Å². The van der Waals surface area contributed by atoms with Gasteiger partial charge >= 0.3 is 0 Å². The second kappa shape index (κ2) is 7.94. The quantitative estimate of drug-likeness (QED) is 0.414. The second-order valence-electron chi connectivity index (χ2n) is 4.57. The molecule has 0 aliphatic heterocycles. The summed E-state index contributed by atoms with van der Waals surface area (Å²) in [4.78, 5) is 10.1. The Kier molecular flexibility index (Phi) is 6.57. The molecule has 1 rings (SSSR count). The van der Waals surface area contributed by atoms with Crippen molar-refractivity contribution in [2.75, 3.05) is 18.4 Å². The van der Waals surface area contributed by atoms with E-state index in [4.69, 9.17) is 0 Å². The van der Waals surface area contributed by atoms with Crippen molar-refractivity contribution < 1.29 is 13.3 Å². The van der Waals surface area contributed by atoms with Gasteiger partial charge in [0.1, 0.15) is 0 Å². The summed E-state index contributed by atoms with van der Waals surface area (Å²) < 4.78 is 26.7. The van der Waals surface area contributed by atoms with Gasteiger partial charge in [0.15, 0.2) is 4.90 Å². The average Bonchev–Trinajstić information content (AvgIpc) is 2.43. The standard InChI is InChI=1S/C13H21N3O4S/c1-3-5-6-9-15-21(19,20)13-8-7-11(14-4-2)10-12(13)16(17)18/h7-8,10,14-15H,3-6,9H2,1-2H3. The lowest BCUT2D eigenvalue weighted by molar-refractivity contribution is -0.387. The molecule has 0 aliphatic carbocycles. The van der Waals surface area contributed by atoms with E-state index >= 15 is 0 Å². The summed E-state index contributed by atoms with van der Waals surface area (Å²) in [6.07, 6.45) is 2.59. The number of unbranched alkanes of at least 4 members (excludes halogenated alkanes) is 2. The molecule has 0 saturated heterocycles. The highest BCUT2D eigenvalue weighted by Gasteiger charge is 2.25. The van der Waals surface area contributed by atoms with Gasteiger partial charge in [-0.15, -0.1) is 0 Å². The average molecular weight is 315 g/mol. The number of hydrogen-bond acceptors (Lipinski definition) is 5. The highest BCUT2D eigenvalue weighted by molar-refractivity contribution is 7.89. The van der Waals surface area contributed by atoms with Gasteiger partial charge in [-0.25, -0.2) is 13.1 Å². The maximum absolute atomic E-state index is 12.2. The molecule has 7 nitrogen and oxygen atoms in total. The molecule has 2 N–H and O–H groups in total. The smallest absolute Gasteiger partial charge is 0.291 e. The second-order valence-corrected chi connectivity index (χ2v) is 6.31. The van der Waals surface area contributed by atoms with Gasteiger partial charge in [0.2, 0.25) is 10.0 Å². The van der Waals surface area contributed by atoms with Gasteiger partial charge in [-0.05, 0) is 25.5 Å². The zero-order valence-corrected chi connectivity index (χ0v) is 13.1. The van der Waals surface area contributed by atoms with E-state index in [1.165, 1.54) is 18.2 Å². The lowest BCUT2D eigenvalue weighted by atomic mass is 10.3. The minimum atomic E-state index is -3.87. The Morgan fingerprint density at radius 1 is 1.24 bits per heavy atom. The van der Waals surface area contributed by atoms with E-state index in [-0.39, 0.29) is 11.4 Å².